The first-order valence-electron chi connectivity index (χ1n) is 7.70. The number of rotatable bonds is 5. The highest BCUT2D eigenvalue weighted by Crippen LogP contribution is 2.35. The van der Waals surface area contributed by atoms with Crippen LogP contribution in [-0.2, 0) is 14.3 Å². The van der Waals surface area contributed by atoms with Gasteiger partial charge in [0, 0.05) is 5.69 Å². The predicted molar refractivity (Wildman–Crippen MR) is 96.5 cm³/mol. The highest BCUT2D eigenvalue weighted by atomic mass is 32.2. The number of ether oxygens (including phenoxy) is 1. The molecule has 8 heteroatoms. The first-order chi connectivity index (χ1) is 12.5. The van der Waals surface area contributed by atoms with Gasteiger partial charge in [0.2, 0.25) is 0 Å². The molecular weight excluding hydrogens is 359 g/mol. The summed E-state index contributed by atoms with van der Waals surface area (Å²) in [5, 5.41) is -1.41. The number of esters is 1. The van der Waals surface area contributed by atoms with Crippen LogP contribution < -0.4 is 9.80 Å². The molecule has 26 heavy (non-hydrogen) atoms. The van der Waals surface area contributed by atoms with E-state index in [-0.39, 0.29) is 12.2 Å². The van der Waals surface area contributed by atoms with Crippen molar-refractivity contribution in [2.24, 2.45) is 0 Å². The van der Waals surface area contributed by atoms with Gasteiger partial charge in [-0.25, -0.2) is 9.29 Å². The molecular formula is C18H15FN2O4S. The van der Waals surface area contributed by atoms with Crippen molar-refractivity contribution in [2.75, 3.05) is 23.5 Å². The second-order valence-corrected chi connectivity index (χ2v) is 6.46. The summed E-state index contributed by atoms with van der Waals surface area (Å²) in [5.41, 5.74) is 0.889. The van der Waals surface area contributed by atoms with Crippen LogP contribution in [0.15, 0.2) is 54.6 Å². The van der Waals surface area contributed by atoms with E-state index in [0.29, 0.717) is 5.69 Å². The molecule has 0 aromatic heterocycles. The average molecular weight is 374 g/mol. The molecule has 2 amide bonds. The first kappa shape index (κ1) is 17.9. The molecule has 1 saturated heterocycles. The summed E-state index contributed by atoms with van der Waals surface area (Å²) in [5.74, 6) is -1.50. The lowest BCUT2D eigenvalue weighted by molar-refractivity contribution is -0.139. The van der Waals surface area contributed by atoms with E-state index in [0.717, 1.165) is 16.7 Å². The molecule has 0 bridgehead atoms. The van der Waals surface area contributed by atoms with Crippen LogP contribution in [0.3, 0.4) is 0 Å². The minimum absolute atomic E-state index is 0.186. The van der Waals surface area contributed by atoms with Crippen molar-refractivity contribution in [1.82, 2.24) is 0 Å². The van der Waals surface area contributed by atoms with Crippen LogP contribution in [0.2, 0.25) is 0 Å². The fourth-order valence-corrected chi connectivity index (χ4v) is 3.57. The average Bonchev–Trinajstić information content (AvgIpc) is 2.95. The minimum Gasteiger partial charge on any atom is -0.468 e. The van der Waals surface area contributed by atoms with Crippen LogP contribution in [-0.4, -0.2) is 36.1 Å². The zero-order valence-corrected chi connectivity index (χ0v) is 14.6. The monoisotopic (exact) mass is 374 g/mol. The van der Waals surface area contributed by atoms with Crippen molar-refractivity contribution in [3.63, 3.8) is 0 Å². The number of thioether (sulfide) groups is 1. The maximum Gasteiger partial charge on any atom is 0.325 e. The minimum atomic E-state index is -0.922. The standard InChI is InChI=1S/C18H15FN2O4S/c1-25-15(22)11-20(13-5-3-2-4-6-13)17-16(23)21(18(24)26-17)14-9-7-12(19)8-10-14/h2-10,17H,11H2,1H3/t17-/m1/s1. The Balaban J connectivity index is 1.92. The fourth-order valence-electron chi connectivity index (χ4n) is 2.55. The summed E-state index contributed by atoms with van der Waals surface area (Å²) in [6.07, 6.45) is 0. The molecule has 6 nitrogen and oxygen atoms in total. The van der Waals surface area contributed by atoms with E-state index < -0.39 is 28.3 Å². The van der Waals surface area contributed by atoms with Crippen molar-refractivity contribution in [2.45, 2.75) is 5.37 Å². The molecule has 1 fully saturated rings. The Morgan fingerprint density at radius 1 is 1.15 bits per heavy atom. The van der Waals surface area contributed by atoms with Gasteiger partial charge in [-0.3, -0.25) is 14.4 Å². The van der Waals surface area contributed by atoms with Gasteiger partial charge >= 0.3 is 5.97 Å². The van der Waals surface area contributed by atoms with E-state index in [1.165, 1.54) is 36.3 Å². The quantitative estimate of drug-likeness (QED) is 0.750. The van der Waals surface area contributed by atoms with Gasteiger partial charge in [0.05, 0.1) is 12.8 Å². The lowest BCUT2D eigenvalue weighted by Gasteiger charge is -2.27. The van der Waals surface area contributed by atoms with E-state index >= 15 is 0 Å². The molecule has 0 spiro atoms. The second-order valence-electron chi connectivity index (χ2n) is 5.43. The van der Waals surface area contributed by atoms with Crippen molar-refractivity contribution < 1.29 is 23.5 Å². The van der Waals surface area contributed by atoms with E-state index in [4.69, 9.17) is 4.74 Å². The Kier molecular flexibility index (Phi) is 5.22. The van der Waals surface area contributed by atoms with Crippen LogP contribution in [0.25, 0.3) is 0 Å². The van der Waals surface area contributed by atoms with Crippen LogP contribution >= 0.6 is 11.8 Å². The third kappa shape index (κ3) is 3.55. The van der Waals surface area contributed by atoms with Gasteiger partial charge in [0.1, 0.15) is 12.4 Å². The summed E-state index contributed by atoms with van der Waals surface area (Å²) >= 11 is 0.798. The van der Waals surface area contributed by atoms with Gasteiger partial charge in [-0.1, -0.05) is 18.2 Å². The Labute approximate surface area is 153 Å². The lowest BCUT2D eigenvalue weighted by Crippen LogP contribution is -2.44. The molecule has 1 aliphatic heterocycles. The number of anilines is 2. The maximum absolute atomic E-state index is 13.1. The van der Waals surface area contributed by atoms with Crippen molar-refractivity contribution in [3.05, 3.63) is 60.4 Å². The van der Waals surface area contributed by atoms with E-state index in [1.807, 2.05) is 0 Å². The van der Waals surface area contributed by atoms with Gasteiger partial charge in [0.15, 0.2) is 5.37 Å². The number of carbonyl (C=O) groups is 3. The molecule has 3 rings (SSSR count). The zero-order valence-electron chi connectivity index (χ0n) is 13.8. The number of methoxy groups -OCH3 is 1. The van der Waals surface area contributed by atoms with Gasteiger partial charge in [-0.2, -0.15) is 0 Å². The summed E-state index contributed by atoms with van der Waals surface area (Å²) in [4.78, 5) is 39.6. The summed E-state index contributed by atoms with van der Waals surface area (Å²) in [7, 11) is 1.26. The van der Waals surface area contributed by atoms with Gasteiger partial charge < -0.3 is 9.64 Å². The second kappa shape index (κ2) is 7.57. The molecule has 134 valence electrons. The number of carbonyl (C=O) groups excluding carboxylic acids is 3. The largest absolute Gasteiger partial charge is 0.468 e. The van der Waals surface area contributed by atoms with Crippen molar-refractivity contribution >= 4 is 40.3 Å². The number of para-hydroxylation sites is 1. The first-order valence-corrected chi connectivity index (χ1v) is 8.58. The Hall–Kier alpha value is -2.87. The smallest absolute Gasteiger partial charge is 0.325 e. The van der Waals surface area contributed by atoms with Gasteiger partial charge in [-0.05, 0) is 48.2 Å². The summed E-state index contributed by atoms with van der Waals surface area (Å²) in [6.45, 7) is -0.186. The number of nitrogens with zero attached hydrogens (tertiary/aromatic N) is 2. The van der Waals surface area contributed by atoms with E-state index in [2.05, 4.69) is 0 Å². The Bertz CT molecular complexity index is 829. The highest BCUT2D eigenvalue weighted by molar-refractivity contribution is 8.16. The molecule has 1 aliphatic rings. The third-order valence-corrected chi connectivity index (χ3v) is 4.87. The Morgan fingerprint density at radius 2 is 1.81 bits per heavy atom. The number of halogens is 1. The molecule has 1 heterocycles. The van der Waals surface area contributed by atoms with E-state index in [1.54, 1.807) is 30.3 Å². The van der Waals surface area contributed by atoms with E-state index in [9.17, 15) is 18.8 Å². The van der Waals surface area contributed by atoms with Crippen LogP contribution in [0.5, 0.6) is 0 Å². The molecule has 0 aliphatic carbocycles. The van der Waals surface area contributed by atoms with Crippen LogP contribution in [0, 0.1) is 5.82 Å². The number of amides is 2. The molecule has 1 atom stereocenters. The molecule has 0 radical (unpaired) electrons. The van der Waals surface area contributed by atoms with Crippen molar-refractivity contribution in [3.8, 4) is 0 Å². The maximum atomic E-state index is 13.1. The Morgan fingerprint density at radius 3 is 2.42 bits per heavy atom. The highest BCUT2D eigenvalue weighted by Gasteiger charge is 2.44. The number of imide groups is 1. The molecule has 0 N–H and O–H groups in total. The lowest BCUT2D eigenvalue weighted by atomic mass is 10.2. The number of hydrogen-bond acceptors (Lipinski definition) is 6. The normalized spacial score (nSPS) is 16.7. The topological polar surface area (TPSA) is 66.9 Å². The van der Waals surface area contributed by atoms with Crippen molar-refractivity contribution in [1.29, 1.82) is 0 Å². The van der Waals surface area contributed by atoms with Crippen LogP contribution in [0.1, 0.15) is 0 Å². The molecule has 2 aromatic rings. The summed E-state index contributed by atoms with van der Waals surface area (Å²) < 4.78 is 17.8. The third-order valence-electron chi connectivity index (χ3n) is 3.81. The molecule has 0 saturated carbocycles. The predicted octanol–water partition coefficient (Wildman–Crippen LogP) is 3.03. The van der Waals surface area contributed by atoms with Crippen LogP contribution in [0.4, 0.5) is 20.6 Å². The summed E-state index contributed by atoms with van der Waals surface area (Å²) in [6, 6.07) is 13.9. The van der Waals surface area contributed by atoms with Gasteiger partial charge in [0.25, 0.3) is 11.1 Å². The number of hydrogen-bond donors (Lipinski definition) is 0. The fraction of sp³-hybridized carbons (Fsp3) is 0.167. The molecule has 0 unspecified atom stereocenters. The SMILES string of the molecule is COC(=O)CN(c1ccccc1)[C@@H]1SC(=O)N(c2ccc(F)cc2)C1=O. The number of benzene rings is 2. The van der Waals surface area contributed by atoms with Gasteiger partial charge in [-0.15, -0.1) is 0 Å². The zero-order chi connectivity index (χ0) is 18.7. The molecule has 2 aromatic carbocycles.